The first-order chi connectivity index (χ1) is 14.9. The highest BCUT2D eigenvalue weighted by molar-refractivity contribution is 8.26. The van der Waals surface area contributed by atoms with E-state index in [1.165, 1.54) is 49.3 Å². The fraction of sp³-hybridized carbons (Fsp3) is 0.300. The van der Waals surface area contributed by atoms with E-state index in [1.807, 2.05) is 12.3 Å². The minimum Gasteiger partial charge on any atom is -0.493 e. The van der Waals surface area contributed by atoms with Crippen molar-refractivity contribution < 1.29 is 23.8 Å². The first kappa shape index (κ1) is 23.0. The van der Waals surface area contributed by atoms with Crippen molar-refractivity contribution in [2.45, 2.75) is 13.3 Å². The standard InChI is InChI=1S/C20H21N3O5S3/c1-11-10-30-19(21-11)22-16(24)5-6-23-18(25)15(31-20(23)29)9-12-7-13(26-2)17(28-4)14(8-12)27-3/h7-10H,5-6H2,1-4H3,(H,21,22,24). The largest absolute Gasteiger partial charge is 0.493 e. The Morgan fingerprint density at radius 1 is 1.23 bits per heavy atom. The molecule has 1 aromatic heterocycles. The highest BCUT2D eigenvalue weighted by Gasteiger charge is 2.32. The van der Waals surface area contributed by atoms with Gasteiger partial charge in [0, 0.05) is 18.3 Å². The van der Waals surface area contributed by atoms with Crippen LogP contribution in [0.15, 0.2) is 22.4 Å². The lowest BCUT2D eigenvalue weighted by Gasteiger charge is -2.14. The van der Waals surface area contributed by atoms with Crippen LogP contribution in [0.4, 0.5) is 5.13 Å². The van der Waals surface area contributed by atoms with E-state index >= 15 is 0 Å². The molecule has 31 heavy (non-hydrogen) atoms. The van der Waals surface area contributed by atoms with E-state index in [0.717, 1.165) is 5.69 Å². The Balaban J connectivity index is 1.71. The highest BCUT2D eigenvalue weighted by atomic mass is 32.2. The van der Waals surface area contributed by atoms with Crippen molar-refractivity contribution in [3.8, 4) is 17.2 Å². The third kappa shape index (κ3) is 5.35. The van der Waals surface area contributed by atoms with Gasteiger partial charge in [0.25, 0.3) is 5.91 Å². The Morgan fingerprint density at radius 3 is 2.45 bits per heavy atom. The van der Waals surface area contributed by atoms with E-state index < -0.39 is 0 Å². The van der Waals surface area contributed by atoms with Crippen LogP contribution >= 0.6 is 35.3 Å². The van der Waals surface area contributed by atoms with Crippen molar-refractivity contribution in [3.05, 3.63) is 33.7 Å². The lowest BCUT2D eigenvalue weighted by Crippen LogP contribution is -2.31. The van der Waals surface area contributed by atoms with Gasteiger partial charge in [-0.15, -0.1) is 11.3 Å². The Kier molecular flexibility index (Phi) is 7.52. The van der Waals surface area contributed by atoms with Crippen LogP contribution in [0.5, 0.6) is 17.2 Å². The number of carbonyl (C=O) groups excluding carboxylic acids is 2. The van der Waals surface area contributed by atoms with Crippen LogP contribution in [0.1, 0.15) is 17.7 Å². The third-order valence-electron chi connectivity index (χ3n) is 4.29. The van der Waals surface area contributed by atoms with Crippen LogP contribution in [0.25, 0.3) is 6.08 Å². The van der Waals surface area contributed by atoms with E-state index in [9.17, 15) is 9.59 Å². The number of nitrogens with one attached hydrogen (secondary N) is 1. The number of hydrogen-bond acceptors (Lipinski definition) is 9. The molecule has 164 valence electrons. The molecule has 8 nitrogen and oxygen atoms in total. The molecule has 0 radical (unpaired) electrons. The number of ether oxygens (including phenoxy) is 3. The van der Waals surface area contributed by atoms with Crippen LogP contribution < -0.4 is 19.5 Å². The summed E-state index contributed by atoms with van der Waals surface area (Å²) in [5.41, 5.74) is 1.54. The summed E-state index contributed by atoms with van der Waals surface area (Å²) in [4.78, 5) is 31.1. The molecule has 1 N–H and O–H groups in total. The number of aryl methyl sites for hydroxylation is 1. The zero-order valence-electron chi connectivity index (χ0n) is 17.4. The fourth-order valence-corrected chi connectivity index (χ4v) is 4.85. The van der Waals surface area contributed by atoms with Crippen molar-refractivity contribution in [1.29, 1.82) is 0 Å². The van der Waals surface area contributed by atoms with Crippen LogP contribution in [-0.2, 0) is 9.59 Å². The molecular formula is C20H21N3O5S3. The topological polar surface area (TPSA) is 90.0 Å². The minimum atomic E-state index is -0.248. The van der Waals surface area contributed by atoms with Gasteiger partial charge in [-0.25, -0.2) is 4.98 Å². The Bertz CT molecular complexity index is 1030. The molecule has 0 bridgehead atoms. The zero-order chi connectivity index (χ0) is 22.5. The summed E-state index contributed by atoms with van der Waals surface area (Å²) in [6.45, 7) is 2.04. The van der Waals surface area contributed by atoms with E-state index in [1.54, 1.807) is 18.2 Å². The van der Waals surface area contributed by atoms with Gasteiger partial charge < -0.3 is 19.5 Å². The number of anilines is 1. The molecule has 1 aliphatic heterocycles. The molecule has 3 rings (SSSR count). The number of hydrogen-bond donors (Lipinski definition) is 1. The number of thioether (sulfide) groups is 1. The predicted molar refractivity (Wildman–Crippen MR) is 126 cm³/mol. The summed E-state index contributed by atoms with van der Waals surface area (Å²) >= 11 is 7.89. The maximum absolute atomic E-state index is 12.8. The molecular weight excluding hydrogens is 458 g/mol. The summed E-state index contributed by atoms with van der Waals surface area (Å²) in [5.74, 6) is 0.963. The van der Waals surface area contributed by atoms with Crippen LogP contribution in [-0.4, -0.2) is 53.9 Å². The molecule has 2 heterocycles. The van der Waals surface area contributed by atoms with Crippen molar-refractivity contribution in [2.24, 2.45) is 0 Å². The van der Waals surface area contributed by atoms with Crippen LogP contribution in [0.2, 0.25) is 0 Å². The predicted octanol–water partition coefficient (Wildman–Crippen LogP) is 3.71. The third-order valence-corrected chi connectivity index (χ3v) is 6.54. The molecule has 1 aliphatic rings. The van der Waals surface area contributed by atoms with Crippen LogP contribution in [0.3, 0.4) is 0 Å². The number of nitrogens with zero attached hydrogens (tertiary/aromatic N) is 2. The molecule has 0 spiro atoms. The van der Waals surface area contributed by atoms with Crippen molar-refractivity contribution in [3.63, 3.8) is 0 Å². The van der Waals surface area contributed by atoms with Gasteiger partial charge in [-0.05, 0) is 30.7 Å². The first-order valence-corrected chi connectivity index (χ1v) is 11.2. The van der Waals surface area contributed by atoms with Gasteiger partial charge in [-0.2, -0.15) is 0 Å². The average molecular weight is 480 g/mol. The molecule has 11 heteroatoms. The molecule has 0 saturated carbocycles. The lowest BCUT2D eigenvalue weighted by molar-refractivity contribution is -0.122. The number of carbonyl (C=O) groups is 2. The monoisotopic (exact) mass is 479 g/mol. The Labute approximate surface area is 193 Å². The number of benzene rings is 1. The van der Waals surface area contributed by atoms with Crippen molar-refractivity contribution in [1.82, 2.24) is 9.88 Å². The van der Waals surface area contributed by atoms with E-state index in [2.05, 4.69) is 10.3 Å². The normalized spacial score (nSPS) is 14.8. The van der Waals surface area contributed by atoms with Gasteiger partial charge in [-0.3, -0.25) is 14.5 Å². The zero-order valence-corrected chi connectivity index (χ0v) is 19.8. The number of aromatic nitrogens is 1. The summed E-state index contributed by atoms with van der Waals surface area (Å²) < 4.78 is 16.4. The fourth-order valence-electron chi connectivity index (χ4n) is 2.84. The van der Waals surface area contributed by atoms with Crippen LogP contribution in [0, 0.1) is 6.92 Å². The second kappa shape index (κ2) is 10.1. The van der Waals surface area contributed by atoms with E-state index in [4.69, 9.17) is 26.4 Å². The summed E-state index contributed by atoms with van der Waals surface area (Å²) in [5, 5.41) is 5.12. The summed E-state index contributed by atoms with van der Waals surface area (Å²) in [7, 11) is 4.58. The number of thiazole rings is 1. The molecule has 0 unspecified atom stereocenters. The number of methoxy groups -OCH3 is 3. The van der Waals surface area contributed by atoms with Gasteiger partial charge >= 0.3 is 0 Å². The average Bonchev–Trinajstić information content (AvgIpc) is 3.27. The SMILES string of the molecule is COc1cc(C=C2SC(=S)N(CCC(=O)Nc3nc(C)cs3)C2=O)cc(OC)c1OC. The van der Waals surface area contributed by atoms with Gasteiger partial charge in [0.05, 0.1) is 31.9 Å². The molecule has 0 aliphatic carbocycles. The first-order valence-electron chi connectivity index (χ1n) is 9.13. The Hall–Kier alpha value is -2.63. The molecule has 1 fully saturated rings. The van der Waals surface area contributed by atoms with Gasteiger partial charge in [-0.1, -0.05) is 24.0 Å². The molecule has 2 amide bonds. The smallest absolute Gasteiger partial charge is 0.266 e. The molecule has 1 aromatic carbocycles. The minimum absolute atomic E-state index is 0.114. The van der Waals surface area contributed by atoms with E-state index in [0.29, 0.717) is 37.2 Å². The highest BCUT2D eigenvalue weighted by Crippen LogP contribution is 2.40. The Morgan fingerprint density at radius 2 is 1.90 bits per heavy atom. The molecule has 0 atom stereocenters. The molecule has 2 aromatic rings. The number of rotatable bonds is 8. The molecule has 1 saturated heterocycles. The van der Waals surface area contributed by atoms with Crippen molar-refractivity contribution >= 4 is 62.7 Å². The quantitative estimate of drug-likeness (QED) is 0.453. The van der Waals surface area contributed by atoms with Gasteiger partial charge in [0.2, 0.25) is 11.7 Å². The second-order valence-corrected chi connectivity index (χ2v) is 8.92. The van der Waals surface area contributed by atoms with Crippen molar-refractivity contribution in [2.75, 3.05) is 33.2 Å². The van der Waals surface area contributed by atoms with Gasteiger partial charge in [0.15, 0.2) is 16.6 Å². The van der Waals surface area contributed by atoms with E-state index in [-0.39, 0.29) is 24.8 Å². The summed E-state index contributed by atoms with van der Waals surface area (Å²) in [6.07, 6.45) is 1.82. The lowest BCUT2D eigenvalue weighted by atomic mass is 10.1. The number of amides is 2. The maximum Gasteiger partial charge on any atom is 0.266 e. The number of thiocarbonyl (C=S) groups is 1. The maximum atomic E-state index is 12.8. The van der Waals surface area contributed by atoms with Gasteiger partial charge in [0.1, 0.15) is 4.32 Å². The summed E-state index contributed by atoms with van der Waals surface area (Å²) in [6, 6.07) is 3.49. The second-order valence-electron chi connectivity index (χ2n) is 6.38.